The first-order valence-corrected chi connectivity index (χ1v) is 6.51. The third-order valence-electron chi connectivity index (χ3n) is 1.55. The monoisotopic (exact) mass is 326 g/mol. The number of rotatable bonds is 2. The van der Waals surface area contributed by atoms with Crippen LogP contribution in [0.4, 0.5) is 0 Å². The van der Waals surface area contributed by atoms with Crippen LogP contribution in [0, 0.1) is 3.57 Å². The molecule has 0 atom stereocenters. The smallest absolute Gasteiger partial charge is 0.335 e. The van der Waals surface area contributed by atoms with Crippen molar-refractivity contribution >= 4 is 38.4 Å². The molecule has 0 saturated heterocycles. The van der Waals surface area contributed by atoms with E-state index in [0.29, 0.717) is 3.57 Å². The van der Waals surface area contributed by atoms with E-state index in [-0.39, 0.29) is 10.5 Å². The molecule has 0 aliphatic heterocycles. The maximum Gasteiger partial charge on any atom is 0.335 e. The number of benzene rings is 1. The highest BCUT2D eigenvalue weighted by atomic mass is 127. The van der Waals surface area contributed by atoms with Gasteiger partial charge in [-0.3, -0.25) is 0 Å². The molecule has 0 aromatic heterocycles. The number of carbonyl (C=O) groups is 1. The van der Waals surface area contributed by atoms with E-state index in [1.807, 2.05) is 22.6 Å². The lowest BCUT2D eigenvalue weighted by molar-refractivity contribution is 0.0696. The standard InChI is InChI=1S/C8H7IO4S/c1-14(12,13)7-3-5(8(10)11)2-6(9)4-7/h2-4H,1H3,(H,10,11). The summed E-state index contributed by atoms with van der Waals surface area (Å²) in [6.07, 6.45) is 1.05. The highest BCUT2D eigenvalue weighted by Gasteiger charge is 2.12. The van der Waals surface area contributed by atoms with Gasteiger partial charge in [0.25, 0.3) is 0 Å². The first-order valence-electron chi connectivity index (χ1n) is 3.54. The lowest BCUT2D eigenvalue weighted by Gasteiger charge is -2.01. The van der Waals surface area contributed by atoms with Gasteiger partial charge in [-0.05, 0) is 40.8 Å². The van der Waals surface area contributed by atoms with E-state index in [2.05, 4.69) is 0 Å². The summed E-state index contributed by atoms with van der Waals surface area (Å²) in [7, 11) is -3.35. The largest absolute Gasteiger partial charge is 0.478 e. The van der Waals surface area contributed by atoms with E-state index in [0.717, 1.165) is 12.3 Å². The van der Waals surface area contributed by atoms with Gasteiger partial charge in [0, 0.05) is 9.83 Å². The van der Waals surface area contributed by atoms with E-state index >= 15 is 0 Å². The molecule has 0 radical (unpaired) electrons. The predicted molar refractivity (Wildman–Crippen MR) is 59.2 cm³/mol. The van der Waals surface area contributed by atoms with E-state index in [1.54, 1.807) is 0 Å². The normalized spacial score (nSPS) is 11.3. The van der Waals surface area contributed by atoms with Gasteiger partial charge >= 0.3 is 5.97 Å². The molecule has 0 aliphatic carbocycles. The molecule has 0 heterocycles. The Balaban J connectivity index is 3.43. The molecule has 6 heteroatoms. The summed E-state index contributed by atoms with van der Waals surface area (Å²) < 4.78 is 22.9. The van der Waals surface area contributed by atoms with Crippen LogP contribution in [-0.4, -0.2) is 25.7 Å². The van der Waals surface area contributed by atoms with Gasteiger partial charge in [0.2, 0.25) is 0 Å². The maximum atomic E-state index is 11.2. The molecule has 0 fully saturated rings. The molecular weight excluding hydrogens is 319 g/mol. The van der Waals surface area contributed by atoms with Crippen LogP contribution in [0.15, 0.2) is 23.1 Å². The van der Waals surface area contributed by atoms with Crippen molar-refractivity contribution < 1.29 is 18.3 Å². The lowest BCUT2D eigenvalue weighted by atomic mass is 10.2. The van der Waals surface area contributed by atoms with Gasteiger partial charge < -0.3 is 5.11 Å². The SMILES string of the molecule is CS(=O)(=O)c1cc(I)cc(C(=O)O)c1. The number of aromatic carboxylic acids is 1. The second-order valence-corrected chi connectivity index (χ2v) is 6.01. The molecule has 1 rings (SSSR count). The molecule has 0 amide bonds. The van der Waals surface area contributed by atoms with E-state index in [4.69, 9.17) is 5.11 Å². The average molecular weight is 326 g/mol. The zero-order chi connectivity index (χ0) is 10.9. The third-order valence-corrected chi connectivity index (χ3v) is 3.26. The second kappa shape index (κ2) is 3.85. The molecular formula is C8H7IO4S. The average Bonchev–Trinajstić information content (AvgIpc) is 2.01. The Morgan fingerprint density at radius 1 is 1.36 bits per heavy atom. The molecule has 0 spiro atoms. The Labute approximate surface area is 95.0 Å². The van der Waals surface area contributed by atoms with Crippen LogP contribution in [-0.2, 0) is 9.84 Å². The number of sulfone groups is 1. The zero-order valence-electron chi connectivity index (χ0n) is 7.19. The second-order valence-electron chi connectivity index (χ2n) is 2.75. The molecule has 4 nitrogen and oxygen atoms in total. The van der Waals surface area contributed by atoms with Crippen LogP contribution in [0.2, 0.25) is 0 Å². The first kappa shape index (κ1) is 11.4. The van der Waals surface area contributed by atoms with E-state index in [9.17, 15) is 13.2 Å². The summed E-state index contributed by atoms with van der Waals surface area (Å²) in [4.78, 5) is 10.7. The van der Waals surface area contributed by atoms with Crippen molar-refractivity contribution in [2.45, 2.75) is 4.90 Å². The van der Waals surface area contributed by atoms with E-state index < -0.39 is 15.8 Å². The van der Waals surface area contributed by atoms with Crippen LogP contribution in [0.5, 0.6) is 0 Å². The maximum absolute atomic E-state index is 11.2. The lowest BCUT2D eigenvalue weighted by Crippen LogP contribution is -2.02. The molecule has 14 heavy (non-hydrogen) atoms. The summed E-state index contributed by atoms with van der Waals surface area (Å²) in [5.41, 5.74) is -0.0164. The fourth-order valence-electron chi connectivity index (χ4n) is 0.900. The third kappa shape index (κ3) is 2.68. The van der Waals surface area contributed by atoms with Crippen molar-refractivity contribution in [1.29, 1.82) is 0 Å². The Bertz CT molecular complexity index is 478. The molecule has 0 unspecified atom stereocenters. The summed E-state index contributed by atoms with van der Waals surface area (Å²) >= 11 is 1.88. The number of halogens is 1. The van der Waals surface area contributed by atoms with Gasteiger partial charge in [-0.1, -0.05) is 0 Å². The fourth-order valence-corrected chi connectivity index (χ4v) is 2.46. The highest BCUT2D eigenvalue weighted by molar-refractivity contribution is 14.1. The summed E-state index contributed by atoms with van der Waals surface area (Å²) in [5.74, 6) is -1.13. The van der Waals surface area contributed by atoms with Crippen molar-refractivity contribution in [3.63, 3.8) is 0 Å². The van der Waals surface area contributed by atoms with Crippen molar-refractivity contribution in [3.8, 4) is 0 Å². The molecule has 0 saturated carbocycles. The molecule has 1 aromatic rings. The number of carboxylic acids is 1. The first-order chi connectivity index (χ1) is 6.30. The zero-order valence-corrected chi connectivity index (χ0v) is 10.2. The highest BCUT2D eigenvalue weighted by Crippen LogP contribution is 2.16. The summed E-state index contributed by atoms with van der Waals surface area (Å²) in [5, 5.41) is 8.70. The molecule has 0 aliphatic rings. The summed E-state index contributed by atoms with van der Waals surface area (Å²) in [6, 6.07) is 4.00. The Morgan fingerprint density at radius 3 is 2.36 bits per heavy atom. The minimum Gasteiger partial charge on any atom is -0.478 e. The van der Waals surface area contributed by atoms with Crippen LogP contribution in [0.3, 0.4) is 0 Å². The van der Waals surface area contributed by atoms with E-state index in [1.165, 1.54) is 12.1 Å². The quantitative estimate of drug-likeness (QED) is 0.834. The van der Waals surface area contributed by atoms with Crippen molar-refractivity contribution in [1.82, 2.24) is 0 Å². The van der Waals surface area contributed by atoms with Gasteiger partial charge in [-0.15, -0.1) is 0 Å². The topological polar surface area (TPSA) is 71.4 Å². The fraction of sp³-hybridized carbons (Fsp3) is 0.125. The van der Waals surface area contributed by atoms with Gasteiger partial charge in [0.15, 0.2) is 9.84 Å². The van der Waals surface area contributed by atoms with Gasteiger partial charge in [0.1, 0.15) is 0 Å². The predicted octanol–water partition coefficient (Wildman–Crippen LogP) is 1.39. The van der Waals surface area contributed by atoms with Gasteiger partial charge in [0.05, 0.1) is 10.5 Å². The Morgan fingerprint density at radius 2 is 1.93 bits per heavy atom. The molecule has 1 aromatic carbocycles. The Kier molecular flexibility index (Phi) is 3.15. The number of carboxylic acid groups (broad SMARTS) is 1. The Hall–Kier alpha value is -0.630. The molecule has 76 valence electrons. The van der Waals surface area contributed by atoms with Crippen molar-refractivity contribution in [2.75, 3.05) is 6.26 Å². The van der Waals surface area contributed by atoms with Gasteiger partial charge in [-0.25, -0.2) is 13.2 Å². The molecule has 1 N–H and O–H groups in total. The van der Waals surface area contributed by atoms with Gasteiger partial charge in [-0.2, -0.15) is 0 Å². The van der Waals surface area contributed by atoms with Crippen LogP contribution >= 0.6 is 22.6 Å². The van der Waals surface area contributed by atoms with Crippen molar-refractivity contribution in [3.05, 3.63) is 27.3 Å². The minimum absolute atomic E-state index is 0.0164. The van der Waals surface area contributed by atoms with Crippen LogP contribution in [0.1, 0.15) is 10.4 Å². The van der Waals surface area contributed by atoms with Crippen molar-refractivity contribution in [2.24, 2.45) is 0 Å². The number of hydrogen-bond acceptors (Lipinski definition) is 3. The molecule has 0 bridgehead atoms. The number of hydrogen-bond donors (Lipinski definition) is 1. The summed E-state index contributed by atoms with van der Waals surface area (Å²) in [6.45, 7) is 0. The minimum atomic E-state index is -3.35. The van der Waals surface area contributed by atoms with Crippen LogP contribution in [0.25, 0.3) is 0 Å². The van der Waals surface area contributed by atoms with Crippen LogP contribution < -0.4 is 0 Å².